The Morgan fingerprint density at radius 2 is 1.96 bits per heavy atom. The smallest absolute Gasteiger partial charge is 0.230 e. The lowest BCUT2D eigenvalue weighted by Crippen LogP contribution is -2.42. The molecule has 4 nitrogen and oxygen atoms in total. The number of ketones is 1. The second kappa shape index (κ2) is 7.71. The van der Waals surface area contributed by atoms with Gasteiger partial charge in [0.2, 0.25) is 5.91 Å². The first-order valence-electron chi connectivity index (χ1n) is 8.48. The van der Waals surface area contributed by atoms with Crippen LogP contribution in [-0.4, -0.2) is 34.7 Å². The van der Waals surface area contributed by atoms with E-state index in [4.69, 9.17) is 0 Å². The Labute approximate surface area is 146 Å². The maximum absolute atomic E-state index is 12.9. The number of likely N-dealkylation sites (tertiary alicyclic amines) is 1. The monoisotopic (exact) mass is 342 g/mol. The van der Waals surface area contributed by atoms with Gasteiger partial charge in [-0.05, 0) is 24.8 Å². The molecule has 0 aliphatic carbocycles. The molecule has 1 saturated heterocycles. The van der Waals surface area contributed by atoms with Gasteiger partial charge >= 0.3 is 0 Å². The zero-order valence-corrected chi connectivity index (χ0v) is 14.7. The molecule has 1 fully saturated rings. The highest BCUT2D eigenvalue weighted by Gasteiger charge is 2.31. The van der Waals surface area contributed by atoms with Crippen LogP contribution in [0.25, 0.3) is 0 Å². The quantitative estimate of drug-likeness (QED) is 0.778. The van der Waals surface area contributed by atoms with Crippen molar-refractivity contribution in [3.63, 3.8) is 0 Å². The van der Waals surface area contributed by atoms with Crippen LogP contribution in [0.5, 0.6) is 0 Å². The van der Waals surface area contributed by atoms with Crippen molar-refractivity contribution in [2.45, 2.75) is 32.1 Å². The summed E-state index contributed by atoms with van der Waals surface area (Å²) < 4.78 is 0. The average molecular weight is 342 g/mol. The van der Waals surface area contributed by atoms with E-state index in [0.717, 1.165) is 24.8 Å². The SMILES string of the molecule is CC[C@@H](C(=O)N1CCC(C(=O)c2nccs2)CC1)c1ccccc1. The second-order valence-corrected chi connectivity index (χ2v) is 7.07. The standard InChI is InChI=1S/C19H22N2O2S/c1-2-16(14-6-4-3-5-7-14)19(23)21-11-8-15(9-12-21)17(22)18-20-10-13-24-18/h3-7,10,13,15-16H,2,8-9,11-12H2,1H3/t16-/m1/s1. The van der Waals surface area contributed by atoms with Crippen LogP contribution in [-0.2, 0) is 4.79 Å². The van der Waals surface area contributed by atoms with Gasteiger partial charge in [-0.15, -0.1) is 11.3 Å². The Morgan fingerprint density at radius 1 is 1.25 bits per heavy atom. The van der Waals surface area contributed by atoms with Crippen molar-refractivity contribution in [2.75, 3.05) is 13.1 Å². The number of amides is 1. The Kier molecular flexibility index (Phi) is 5.41. The zero-order valence-electron chi connectivity index (χ0n) is 13.9. The van der Waals surface area contributed by atoms with Gasteiger partial charge in [-0.25, -0.2) is 4.98 Å². The van der Waals surface area contributed by atoms with E-state index >= 15 is 0 Å². The number of thiazole rings is 1. The highest BCUT2D eigenvalue weighted by atomic mass is 32.1. The minimum atomic E-state index is -0.0857. The molecule has 1 atom stereocenters. The van der Waals surface area contributed by atoms with Crippen molar-refractivity contribution in [1.82, 2.24) is 9.88 Å². The first kappa shape index (κ1) is 16.8. The molecule has 126 valence electrons. The summed E-state index contributed by atoms with van der Waals surface area (Å²) in [6, 6.07) is 9.96. The molecule has 0 saturated carbocycles. The Morgan fingerprint density at radius 3 is 2.54 bits per heavy atom. The number of Topliss-reactive ketones (excluding diaryl/α,β-unsaturated/α-hetero) is 1. The van der Waals surface area contributed by atoms with E-state index < -0.39 is 0 Å². The summed E-state index contributed by atoms with van der Waals surface area (Å²) in [6.45, 7) is 3.36. The van der Waals surface area contributed by atoms with Crippen LogP contribution in [0.15, 0.2) is 41.9 Å². The van der Waals surface area contributed by atoms with Crippen molar-refractivity contribution in [1.29, 1.82) is 0 Å². The fourth-order valence-corrected chi connectivity index (χ4v) is 4.00. The number of carbonyl (C=O) groups excluding carboxylic acids is 2. The fraction of sp³-hybridized carbons (Fsp3) is 0.421. The third-order valence-corrected chi connectivity index (χ3v) is 5.52. The van der Waals surface area contributed by atoms with Crippen molar-refractivity contribution < 1.29 is 9.59 Å². The minimum absolute atomic E-state index is 0.00278. The Hall–Kier alpha value is -2.01. The van der Waals surface area contributed by atoms with Gasteiger partial charge in [-0.1, -0.05) is 37.3 Å². The zero-order chi connectivity index (χ0) is 16.9. The number of nitrogens with zero attached hydrogens (tertiary/aromatic N) is 2. The van der Waals surface area contributed by atoms with Crippen LogP contribution in [0.2, 0.25) is 0 Å². The minimum Gasteiger partial charge on any atom is -0.342 e. The summed E-state index contributed by atoms with van der Waals surface area (Å²) in [6.07, 6.45) is 3.92. The van der Waals surface area contributed by atoms with Gasteiger partial charge in [0.15, 0.2) is 10.8 Å². The van der Waals surface area contributed by atoms with Gasteiger partial charge in [0.25, 0.3) is 0 Å². The predicted octanol–water partition coefficient (Wildman–Crippen LogP) is 3.76. The number of aromatic nitrogens is 1. The van der Waals surface area contributed by atoms with E-state index in [1.165, 1.54) is 11.3 Å². The lowest BCUT2D eigenvalue weighted by molar-refractivity contribution is -0.134. The van der Waals surface area contributed by atoms with Crippen LogP contribution in [0.1, 0.15) is 47.5 Å². The first-order valence-corrected chi connectivity index (χ1v) is 9.36. The topological polar surface area (TPSA) is 50.3 Å². The molecule has 3 rings (SSSR count). The largest absolute Gasteiger partial charge is 0.342 e. The lowest BCUT2D eigenvalue weighted by atomic mass is 9.90. The van der Waals surface area contributed by atoms with Crippen molar-refractivity contribution >= 4 is 23.0 Å². The van der Waals surface area contributed by atoms with E-state index in [1.54, 1.807) is 6.20 Å². The van der Waals surface area contributed by atoms with E-state index in [-0.39, 0.29) is 23.5 Å². The number of hydrogen-bond acceptors (Lipinski definition) is 4. The van der Waals surface area contributed by atoms with Gasteiger partial charge in [0, 0.05) is 30.6 Å². The molecule has 0 radical (unpaired) electrons. The van der Waals surface area contributed by atoms with Gasteiger partial charge in [0.1, 0.15) is 0 Å². The van der Waals surface area contributed by atoms with Gasteiger partial charge in [0.05, 0.1) is 5.92 Å². The Bertz CT molecular complexity index is 677. The predicted molar refractivity (Wildman–Crippen MR) is 95.2 cm³/mol. The van der Waals surface area contributed by atoms with E-state index in [0.29, 0.717) is 18.1 Å². The van der Waals surface area contributed by atoms with Gasteiger partial charge < -0.3 is 4.90 Å². The van der Waals surface area contributed by atoms with Crippen molar-refractivity contribution in [2.24, 2.45) is 5.92 Å². The number of benzene rings is 1. The number of carbonyl (C=O) groups is 2. The molecule has 5 heteroatoms. The highest BCUT2D eigenvalue weighted by Crippen LogP contribution is 2.27. The molecule has 1 aliphatic heterocycles. The third kappa shape index (κ3) is 3.56. The average Bonchev–Trinajstić information content (AvgIpc) is 3.17. The second-order valence-electron chi connectivity index (χ2n) is 6.17. The van der Waals surface area contributed by atoms with Gasteiger partial charge in [-0.2, -0.15) is 0 Å². The molecule has 2 aromatic rings. The van der Waals surface area contributed by atoms with Crippen molar-refractivity contribution in [3.8, 4) is 0 Å². The molecule has 24 heavy (non-hydrogen) atoms. The summed E-state index contributed by atoms with van der Waals surface area (Å²) >= 11 is 1.40. The summed E-state index contributed by atoms with van der Waals surface area (Å²) in [5.74, 6) is 0.227. The van der Waals surface area contributed by atoms with Crippen LogP contribution >= 0.6 is 11.3 Å². The molecule has 0 unspecified atom stereocenters. The molecule has 0 bridgehead atoms. The van der Waals surface area contributed by atoms with Crippen LogP contribution < -0.4 is 0 Å². The normalized spacial score (nSPS) is 16.8. The van der Waals surface area contributed by atoms with E-state index in [1.807, 2.05) is 47.5 Å². The summed E-state index contributed by atoms with van der Waals surface area (Å²) in [4.78, 5) is 31.3. The molecule has 0 N–H and O–H groups in total. The number of rotatable bonds is 5. The molecule has 2 heterocycles. The number of hydrogen-bond donors (Lipinski definition) is 0. The molecule has 1 aromatic carbocycles. The first-order chi connectivity index (χ1) is 11.7. The molecule has 1 aliphatic rings. The molecule has 1 amide bonds. The molecular formula is C19H22N2O2S. The highest BCUT2D eigenvalue weighted by molar-refractivity contribution is 7.11. The number of piperidine rings is 1. The summed E-state index contributed by atoms with van der Waals surface area (Å²) in [5, 5.41) is 2.42. The molecule has 0 spiro atoms. The third-order valence-electron chi connectivity index (χ3n) is 4.73. The summed E-state index contributed by atoms with van der Waals surface area (Å²) in [5.41, 5.74) is 1.07. The lowest BCUT2D eigenvalue weighted by Gasteiger charge is -2.33. The Balaban J connectivity index is 1.61. The molecule has 1 aromatic heterocycles. The van der Waals surface area contributed by atoms with Crippen LogP contribution in [0, 0.1) is 5.92 Å². The maximum atomic E-state index is 12.9. The van der Waals surface area contributed by atoms with Crippen molar-refractivity contribution in [3.05, 3.63) is 52.5 Å². The van der Waals surface area contributed by atoms with E-state index in [2.05, 4.69) is 4.98 Å². The maximum Gasteiger partial charge on any atom is 0.230 e. The van der Waals surface area contributed by atoms with Crippen LogP contribution in [0.4, 0.5) is 0 Å². The summed E-state index contributed by atoms with van der Waals surface area (Å²) in [7, 11) is 0. The molecular weight excluding hydrogens is 320 g/mol. The van der Waals surface area contributed by atoms with Gasteiger partial charge in [-0.3, -0.25) is 9.59 Å². The van der Waals surface area contributed by atoms with E-state index in [9.17, 15) is 9.59 Å². The fourth-order valence-electron chi connectivity index (χ4n) is 3.34. The van der Waals surface area contributed by atoms with Crippen LogP contribution in [0.3, 0.4) is 0 Å².